The maximum atomic E-state index is 13.3. The van der Waals surface area contributed by atoms with Crippen LogP contribution in [-0.2, 0) is 14.8 Å². The van der Waals surface area contributed by atoms with Crippen molar-refractivity contribution in [3.63, 3.8) is 0 Å². The Labute approximate surface area is 184 Å². The van der Waals surface area contributed by atoms with Crippen LogP contribution in [0.4, 0.5) is 5.82 Å². The monoisotopic (exact) mass is 461 g/mol. The van der Waals surface area contributed by atoms with Gasteiger partial charge in [-0.25, -0.2) is 18.4 Å². The second-order valence-corrected chi connectivity index (χ2v) is 10.4. The summed E-state index contributed by atoms with van der Waals surface area (Å²) in [5.74, 6) is 0.729. The SMILES string of the molecule is O=c1c(S(=O)(=O)N2CCCCC2)cn(-c2nccs2)c2nc(N3CCOCC3)ccc12. The number of aromatic nitrogens is 3. The van der Waals surface area contributed by atoms with Crippen LogP contribution in [-0.4, -0.2) is 66.7 Å². The fraction of sp³-hybridized carbons (Fsp3) is 0.450. The predicted molar refractivity (Wildman–Crippen MR) is 119 cm³/mol. The van der Waals surface area contributed by atoms with Gasteiger partial charge in [-0.15, -0.1) is 11.3 Å². The number of hydrogen-bond acceptors (Lipinski definition) is 8. The quantitative estimate of drug-likeness (QED) is 0.585. The molecule has 0 spiro atoms. The molecule has 0 bridgehead atoms. The van der Waals surface area contributed by atoms with Gasteiger partial charge in [-0.05, 0) is 25.0 Å². The summed E-state index contributed by atoms with van der Waals surface area (Å²) in [5, 5.41) is 2.64. The molecule has 0 saturated carbocycles. The maximum absolute atomic E-state index is 13.3. The van der Waals surface area contributed by atoms with Crippen molar-refractivity contribution in [1.29, 1.82) is 0 Å². The zero-order valence-corrected chi connectivity index (χ0v) is 18.6. The van der Waals surface area contributed by atoms with Gasteiger partial charge in [0.1, 0.15) is 10.7 Å². The molecule has 2 aliphatic heterocycles. The summed E-state index contributed by atoms with van der Waals surface area (Å²) in [7, 11) is -3.91. The van der Waals surface area contributed by atoms with E-state index in [1.165, 1.54) is 21.8 Å². The van der Waals surface area contributed by atoms with Gasteiger partial charge in [0.05, 0.1) is 18.6 Å². The van der Waals surface area contributed by atoms with E-state index < -0.39 is 15.5 Å². The van der Waals surface area contributed by atoms with Crippen molar-refractivity contribution in [2.45, 2.75) is 24.2 Å². The van der Waals surface area contributed by atoms with Crippen molar-refractivity contribution in [2.24, 2.45) is 0 Å². The molecular formula is C20H23N5O4S2. The van der Waals surface area contributed by atoms with Crippen molar-refractivity contribution in [3.8, 4) is 5.13 Å². The van der Waals surface area contributed by atoms with Crippen LogP contribution >= 0.6 is 11.3 Å². The number of ether oxygens (including phenoxy) is 1. The van der Waals surface area contributed by atoms with Crippen LogP contribution in [0.15, 0.2) is 39.6 Å². The normalized spacial score (nSPS) is 18.5. The second kappa shape index (κ2) is 8.30. The first-order chi connectivity index (χ1) is 15.1. The Morgan fingerprint density at radius 2 is 1.81 bits per heavy atom. The van der Waals surface area contributed by atoms with E-state index in [-0.39, 0.29) is 10.3 Å². The molecular weight excluding hydrogens is 438 g/mol. The Balaban J connectivity index is 1.70. The lowest BCUT2D eigenvalue weighted by atomic mass is 10.2. The Morgan fingerprint density at radius 1 is 1.03 bits per heavy atom. The lowest BCUT2D eigenvalue weighted by Gasteiger charge is -2.28. The minimum absolute atomic E-state index is 0.224. The number of thiazole rings is 1. The van der Waals surface area contributed by atoms with Crippen LogP contribution in [0.25, 0.3) is 16.2 Å². The Morgan fingerprint density at radius 3 is 2.52 bits per heavy atom. The average molecular weight is 462 g/mol. The van der Waals surface area contributed by atoms with Gasteiger partial charge in [0.15, 0.2) is 10.8 Å². The molecule has 5 rings (SSSR count). The molecule has 2 aliphatic rings. The van der Waals surface area contributed by atoms with Crippen molar-refractivity contribution < 1.29 is 13.2 Å². The smallest absolute Gasteiger partial charge is 0.248 e. The molecule has 5 heterocycles. The molecule has 9 nitrogen and oxygen atoms in total. The number of fused-ring (bicyclic) bond motifs is 1. The molecule has 2 fully saturated rings. The Hall–Kier alpha value is -2.34. The van der Waals surface area contributed by atoms with E-state index in [9.17, 15) is 13.2 Å². The van der Waals surface area contributed by atoms with Crippen molar-refractivity contribution in [1.82, 2.24) is 18.8 Å². The highest BCUT2D eigenvalue weighted by atomic mass is 32.2. The van der Waals surface area contributed by atoms with Gasteiger partial charge in [0, 0.05) is 44.0 Å². The molecule has 0 amide bonds. The minimum Gasteiger partial charge on any atom is -0.378 e. The molecule has 0 aromatic carbocycles. The van der Waals surface area contributed by atoms with E-state index >= 15 is 0 Å². The molecule has 0 radical (unpaired) electrons. The fourth-order valence-corrected chi connectivity index (χ4v) is 6.26. The average Bonchev–Trinajstić information content (AvgIpc) is 3.35. The summed E-state index contributed by atoms with van der Waals surface area (Å²) in [4.78, 5) is 24.3. The summed E-state index contributed by atoms with van der Waals surface area (Å²) in [6, 6.07) is 3.45. The standard InChI is InChI=1S/C20H23N5O4S2/c26-18-15-4-5-17(23-9-11-29-12-10-23)22-19(15)25(20-21-6-13-30-20)14-16(18)31(27,28)24-7-2-1-3-8-24/h4-6,13-14H,1-3,7-12H2. The van der Waals surface area contributed by atoms with Gasteiger partial charge in [0.25, 0.3) is 0 Å². The van der Waals surface area contributed by atoms with Crippen molar-refractivity contribution in [2.75, 3.05) is 44.3 Å². The van der Waals surface area contributed by atoms with Crippen LogP contribution in [0, 0.1) is 0 Å². The Bertz CT molecular complexity index is 1240. The highest BCUT2D eigenvalue weighted by Gasteiger charge is 2.30. The van der Waals surface area contributed by atoms with E-state index in [0.717, 1.165) is 25.1 Å². The summed E-state index contributed by atoms with van der Waals surface area (Å²) in [6.45, 7) is 3.53. The van der Waals surface area contributed by atoms with Gasteiger partial charge >= 0.3 is 0 Å². The second-order valence-electron chi connectivity index (χ2n) is 7.61. The summed E-state index contributed by atoms with van der Waals surface area (Å²) in [6.07, 6.45) is 5.65. The fourth-order valence-electron chi connectivity index (χ4n) is 4.05. The molecule has 164 valence electrons. The Kier molecular flexibility index (Phi) is 5.51. The van der Waals surface area contributed by atoms with E-state index in [2.05, 4.69) is 9.88 Å². The molecule has 3 aromatic rings. The molecule has 0 atom stereocenters. The van der Waals surface area contributed by atoms with Crippen LogP contribution in [0.2, 0.25) is 0 Å². The van der Waals surface area contributed by atoms with Gasteiger partial charge < -0.3 is 9.64 Å². The third-order valence-corrected chi connectivity index (χ3v) is 8.36. The lowest BCUT2D eigenvalue weighted by molar-refractivity contribution is 0.122. The molecule has 0 aliphatic carbocycles. The lowest BCUT2D eigenvalue weighted by Crippen LogP contribution is -2.38. The number of rotatable bonds is 4. The van der Waals surface area contributed by atoms with E-state index in [1.807, 2.05) is 5.38 Å². The molecule has 0 N–H and O–H groups in total. The highest BCUT2D eigenvalue weighted by molar-refractivity contribution is 7.89. The van der Waals surface area contributed by atoms with Crippen LogP contribution in [0.5, 0.6) is 0 Å². The number of piperidine rings is 1. The van der Waals surface area contributed by atoms with Crippen molar-refractivity contribution in [3.05, 3.63) is 40.1 Å². The highest BCUT2D eigenvalue weighted by Crippen LogP contribution is 2.25. The van der Waals surface area contributed by atoms with Gasteiger partial charge in [0.2, 0.25) is 15.5 Å². The third-order valence-electron chi connectivity index (χ3n) is 5.70. The molecule has 0 unspecified atom stereocenters. The van der Waals surface area contributed by atoms with Crippen LogP contribution < -0.4 is 10.3 Å². The number of anilines is 1. The molecule has 11 heteroatoms. The van der Waals surface area contributed by atoms with Gasteiger partial charge in [-0.1, -0.05) is 6.42 Å². The third kappa shape index (κ3) is 3.75. The van der Waals surface area contributed by atoms with E-state index in [4.69, 9.17) is 9.72 Å². The molecule has 3 aromatic heterocycles. The van der Waals surface area contributed by atoms with E-state index in [0.29, 0.717) is 50.2 Å². The minimum atomic E-state index is -3.91. The first-order valence-electron chi connectivity index (χ1n) is 10.3. The summed E-state index contributed by atoms with van der Waals surface area (Å²) < 4.78 is 35.1. The summed E-state index contributed by atoms with van der Waals surface area (Å²) in [5.41, 5.74) is -0.115. The topological polar surface area (TPSA) is 97.6 Å². The number of nitrogens with zero attached hydrogens (tertiary/aromatic N) is 5. The summed E-state index contributed by atoms with van der Waals surface area (Å²) >= 11 is 1.36. The van der Waals surface area contributed by atoms with Crippen LogP contribution in [0.3, 0.4) is 0 Å². The first-order valence-corrected chi connectivity index (χ1v) is 12.7. The molecule has 2 saturated heterocycles. The van der Waals surface area contributed by atoms with Gasteiger partial charge in [-0.3, -0.25) is 9.36 Å². The first kappa shape index (κ1) is 20.6. The molecule has 31 heavy (non-hydrogen) atoms. The number of morpholine rings is 1. The number of pyridine rings is 2. The number of sulfonamides is 1. The van der Waals surface area contributed by atoms with Crippen LogP contribution in [0.1, 0.15) is 19.3 Å². The van der Waals surface area contributed by atoms with Gasteiger partial charge in [-0.2, -0.15) is 4.31 Å². The zero-order chi connectivity index (χ0) is 21.4. The number of hydrogen-bond donors (Lipinski definition) is 0. The van der Waals surface area contributed by atoms with E-state index in [1.54, 1.807) is 22.9 Å². The zero-order valence-electron chi connectivity index (χ0n) is 16.9. The van der Waals surface area contributed by atoms with Crippen molar-refractivity contribution >= 4 is 38.2 Å². The predicted octanol–water partition coefficient (Wildman–Crippen LogP) is 1.85. The largest absolute Gasteiger partial charge is 0.378 e. The maximum Gasteiger partial charge on any atom is 0.248 e.